The molecule has 212 valence electrons. The molecule has 9 heteroatoms. The van der Waals surface area contributed by atoms with Gasteiger partial charge < -0.3 is 15.5 Å². The highest BCUT2D eigenvalue weighted by Crippen LogP contribution is 2.36. The molecule has 0 aromatic heterocycles. The third kappa shape index (κ3) is 7.00. The molecule has 3 amide bonds. The maximum Gasteiger partial charge on any atom is 0.314 e. The minimum atomic E-state index is -3.28. The summed E-state index contributed by atoms with van der Waals surface area (Å²) in [5, 5.41) is 0. The molecule has 2 saturated heterocycles. The molecule has 2 N–H and O–H groups in total. The Balaban J connectivity index is 1.55. The quantitative estimate of drug-likeness (QED) is 0.583. The fourth-order valence-corrected chi connectivity index (χ4v) is 6.58. The van der Waals surface area contributed by atoms with E-state index in [4.69, 9.17) is 5.73 Å². The Morgan fingerprint density at radius 3 is 2.05 bits per heavy atom. The number of primary amides is 1. The van der Waals surface area contributed by atoms with E-state index in [1.165, 1.54) is 6.26 Å². The van der Waals surface area contributed by atoms with Crippen LogP contribution in [-0.4, -0.2) is 80.1 Å². The molecule has 0 spiro atoms. The molecule has 1 unspecified atom stereocenters. The molecule has 0 bridgehead atoms. The molecule has 2 aromatic rings. The standard InChI is InChI=1S/C30H42N4O4S/c1-30(2,3)26-21-33(18-19-34(26)27(35)20-22-14-16-32(17-15-22)29(31)36)28(23-8-6-5-7-9-23)24-10-12-25(13-11-24)39(4,37)38/h5-13,22,26,28H,14-21H2,1-4H3,(H2,31,36)/t26-,28?/m1/s1. The van der Waals surface area contributed by atoms with E-state index in [1.54, 1.807) is 17.0 Å². The highest BCUT2D eigenvalue weighted by molar-refractivity contribution is 7.90. The molecule has 2 fully saturated rings. The number of amides is 3. The van der Waals surface area contributed by atoms with Gasteiger partial charge in [0.25, 0.3) is 0 Å². The van der Waals surface area contributed by atoms with Crippen molar-refractivity contribution in [2.24, 2.45) is 17.1 Å². The maximum absolute atomic E-state index is 13.6. The van der Waals surface area contributed by atoms with Crippen molar-refractivity contribution in [3.8, 4) is 0 Å². The predicted molar refractivity (Wildman–Crippen MR) is 153 cm³/mol. The predicted octanol–water partition coefficient (Wildman–Crippen LogP) is 3.92. The van der Waals surface area contributed by atoms with Crippen LogP contribution in [0.2, 0.25) is 0 Å². The number of benzene rings is 2. The SMILES string of the molecule is CC(C)(C)[C@H]1CN(C(c2ccccc2)c2ccc(S(C)(=O)=O)cc2)CCN1C(=O)CC1CCN(C(N)=O)CC1. The topological polar surface area (TPSA) is 104 Å². The van der Waals surface area contributed by atoms with E-state index in [1.807, 2.05) is 30.3 Å². The molecule has 39 heavy (non-hydrogen) atoms. The van der Waals surface area contributed by atoms with Crippen LogP contribution < -0.4 is 5.73 Å². The van der Waals surface area contributed by atoms with Gasteiger partial charge in [-0.2, -0.15) is 0 Å². The van der Waals surface area contributed by atoms with Crippen molar-refractivity contribution >= 4 is 21.8 Å². The number of nitrogens with two attached hydrogens (primary N) is 1. The van der Waals surface area contributed by atoms with Crippen molar-refractivity contribution in [1.29, 1.82) is 0 Å². The van der Waals surface area contributed by atoms with Gasteiger partial charge in [0.05, 0.1) is 10.9 Å². The molecule has 2 aliphatic heterocycles. The Morgan fingerprint density at radius 1 is 0.923 bits per heavy atom. The summed E-state index contributed by atoms with van der Waals surface area (Å²) in [4.78, 5) is 31.6. The van der Waals surface area contributed by atoms with Crippen molar-refractivity contribution < 1.29 is 18.0 Å². The van der Waals surface area contributed by atoms with E-state index in [-0.39, 0.29) is 35.4 Å². The van der Waals surface area contributed by atoms with Crippen molar-refractivity contribution in [1.82, 2.24) is 14.7 Å². The summed E-state index contributed by atoms with van der Waals surface area (Å²) in [6.07, 6.45) is 3.32. The second-order valence-electron chi connectivity index (χ2n) is 12.1. The lowest BCUT2D eigenvalue weighted by Crippen LogP contribution is -2.60. The largest absolute Gasteiger partial charge is 0.351 e. The lowest BCUT2D eigenvalue weighted by Gasteiger charge is -2.50. The first-order valence-electron chi connectivity index (χ1n) is 13.8. The molecular formula is C30H42N4O4S. The van der Waals surface area contributed by atoms with Gasteiger partial charge in [-0.05, 0) is 47.4 Å². The number of nitrogens with zero attached hydrogens (tertiary/aromatic N) is 3. The second kappa shape index (κ2) is 11.7. The Kier molecular flexibility index (Phi) is 8.71. The number of rotatable bonds is 6. The van der Waals surface area contributed by atoms with Crippen molar-refractivity contribution in [2.75, 3.05) is 39.0 Å². The van der Waals surface area contributed by atoms with Gasteiger partial charge in [-0.1, -0.05) is 63.2 Å². The van der Waals surface area contributed by atoms with Crippen LogP contribution >= 0.6 is 0 Å². The summed E-state index contributed by atoms with van der Waals surface area (Å²) in [5.74, 6) is 0.443. The summed E-state index contributed by atoms with van der Waals surface area (Å²) < 4.78 is 24.1. The van der Waals surface area contributed by atoms with Crippen LogP contribution in [0, 0.1) is 11.3 Å². The zero-order valence-corrected chi connectivity index (χ0v) is 24.4. The summed E-state index contributed by atoms with van der Waals surface area (Å²) in [7, 11) is -3.28. The average molecular weight is 555 g/mol. The fourth-order valence-electron chi connectivity index (χ4n) is 5.95. The van der Waals surface area contributed by atoms with Crippen LogP contribution in [0.4, 0.5) is 4.79 Å². The van der Waals surface area contributed by atoms with Gasteiger partial charge >= 0.3 is 6.03 Å². The number of hydrogen-bond acceptors (Lipinski definition) is 5. The lowest BCUT2D eigenvalue weighted by molar-refractivity contribution is -0.141. The van der Waals surface area contributed by atoms with Crippen LogP contribution in [-0.2, 0) is 14.6 Å². The Bertz CT molecular complexity index is 1250. The highest BCUT2D eigenvalue weighted by atomic mass is 32.2. The summed E-state index contributed by atoms with van der Waals surface area (Å²) in [5.41, 5.74) is 7.46. The minimum Gasteiger partial charge on any atom is -0.351 e. The lowest BCUT2D eigenvalue weighted by atomic mass is 9.82. The van der Waals surface area contributed by atoms with Gasteiger partial charge in [0.1, 0.15) is 0 Å². The molecule has 2 aliphatic rings. The second-order valence-corrected chi connectivity index (χ2v) is 14.1. The number of hydrogen-bond donors (Lipinski definition) is 1. The Morgan fingerprint density at radius 2 is 1.51 bits per heavy atom. The van der Waals surface area contributed by atoms with Gasteiger partial charge in [0.15, 0.2) is 9.84 Å². The van der Waals surface area contributed by atoms with Crippen molar-refractivity contribution in [3.05, 3.63) is 65.7 Å². The van der Waals surface area contributed by atoms with Crippen molar-refractivity contribution in [3.63, 3.8) is 0 Å². The van der Waals surface area contributed by atoms with Gasteiger partial charge in [0, 0.05) is 51.4 Å². The van der Waals surface area contributed by atoms with Crippen molar-refractivity contribution in [2.45, 2.75) is 57.0 Å². The summed E-state index contributed by atoms with van der Waals surface area (Å²) in [6, 6.07) is 17.0. The van der Waals surface area contributed by atoms with Gasteiger partial charge in [0.2, 0.25) is 5.91 Å². The smallest absolute Gasteiger partial charge is 0.314 e. The normalized spacial score (nSPS) is 20.6. The minimum absolute atomic E-state index is 0.0194. The monoisotopic (exact) mass is 554 g/mol. The molecule has 0 aliphatic carbocycles. The number of carbonyl (C=O) groups is 2. The number of urea groups is 1. The summed E-state index contributed by atoms with van der Waals surface area (Å²) >= 11 is 0. The Labute approximate surface area is 233 Å². The first-order valence-corrected chi connectivity index (χ1v) is 15.7. The van der Waals surface area contributed by atoms with Crippen LogP contribution in [0.1, 0.15) is 57.2 Å². The van der Waals surface area contributed by atoms with Crippen LogP contribution in [0.15, 0.2) is 59.5 Å². The van der Waals surface area contributed by atoms with Gasteiger partial charge in [-0.3, -0.25) is 9.69 Å². The molecule has 0 saturated carbocycles. The van der Waals surface area contributed by atoms with E-state index in [0.717, 1.165) is 24.0 Å². The molecular weight excluding hydrogens is 512 g/mol. The number of sulfone groups is 1. The first-order chi connectivity index (χ1) is 18.3. The van der Waals surface area contributed by atoms with Gasteiger partial charge in [-0.15, -0.1) is 0 Å². The maximum atomic E-state index is 13.6. The zero-order valence-electron chi connectivity index (χ0n) is 23.5. The Hall–Kier alpha value is -2.91. The van der Waals surface area contributed by atoms with Crippen LogP contribution in [0.25, 0.3) is 0 Å². The van der Waals surface area contributed by atoms with Crippen LogP contribution in [0.3, 0.4) is 0 Å². The van der Waals surface area contributed by atoms with E-state index >= 15 is 0 Å². The number of likely N-dealkylation sites (tertiary alicyclic amines) is 1. The van der Waals surface area contributed by atoms with E-state index in [9.17, 15) is 18.0 Å². The average Bonchev–Trinajstić information content (AvgIpc) is 2.89. The molecule has 2 atom stereocenters. The van der Waals surface area contributed by atoms with Gasteiger partial charge in [-0.25, -0.2) is 13.2 Å². The summed E-state index contributed by atoms with van der Waals surface area (Å²) in [6.45, 7) is 9.84. The third-order valence-corrected chi connectivity index (χ3v) is 9.35. The number of carbonyl (C=O) groups excluding carboxylic acids is 2. The molecule has 8 nitrogen and oxygen atoms in total. The van der Waals surface area contributed by atoms with Crippen LogP contribution in [0.5, 0.6) is 0 Å². The third-order valence-electron chi connectivity index (χ3n) is 8.23. The fraction of sp³-hybridized carbons (Fsp3) is 0.533. The number of piperazine rings is 1. The first kappa shape index (κ1) is 29.1. The molecule has 2 heterocycles. The zero-order chi connectivity index (χ0) is 28.4. The van der Waals surface area contributed by atoms with E-state index in [2.05, 4.69) is 42.7 Å². The molecule has 2 aromatic carbocycles. The molecule has 4 rings (SSSR count). The van der Waals surface area contributed by atoms with E-state index < -0.39 is 9.84 Å². The molecule has 0 radical (unpaired) electrons. The number of piperidine rings is 1. The highest BCUT2D eigenvalue weighted by Gasteiger charge is 2.40. The van der Waals surface area contributed by atoms with E-state index in [0.29, 0.717) is 44.0 Å².